The Hall–Kier alpha value is -2.62. The molecule has 31 heavy (non-hydrogen) atoms. The third-order valence-corrected chi connectivity index (χ3v) is 7.04. The van der Waals surface area contributed by atoms with E-state index in [0.717, 1.165) is 11.3 Å². The second-order valence-electron chi connectivity index (χ2n) is 7.22. The lowest BCUT2D eigenvalue weighted by atomic mass is 10.2. The molecule has 0 spiro atoms. The minimum Gasteiger partial charge on any atom is -0.495 e. The summed E-state index contributed by atoms with van der Waals surface area (Å²) in [5, 5.41) is 0. The summed E-state index contributed by atoms with van der Waals surface area (Å²) in [5.74, 6) is 0.676. The highest BCUT2D eigenvalue weighted by Gasteiger charge is 2.30. The van der Waals surface area contributed by atoms with Crippen molar-refractivity contribution in [3.8, 4) is 11.5 Å². The van der Waals surface area contributed by atoms with Crippen LogP contribution in [0.25, 0.3) is 0 Å². The van der Waals surface area contributed by atoms with Crippen LogP contribution in [0.3, 0.4) is 0 Å². The molecule has 1 aliphatic rings. The van der Waals surface area contributed by atoms with E-state index in [2.05, 4.69) is 0 Å². The van der Waals surface area contributed by atoms with Crippen LogP contribution in [-0.4, -0.2) is 77.1 Å². The van der Waals surface area contributed by atoms with Gasteiger partial charge in [-0.2, -0.15) is 4.31 Å². The van der Waals surface area contributed by atoms with E-state index in [-0.39, 0.29) is 35.2 Å². The minimum absolute atomic E-state index is 0.0210. The average Bonchev–Trinajstić information content (AvgIpc) is 2.79. The molecule has 0 N–H and O–H groups in total. The summed E-state index contributed by atoms with van der Waals surface area (Å²) in [5.41, 5.74) is 1.29. The maximum atomic E-state index is 13.1. The second-order valence-corrected chi connectivity index (χ2v) is 9.13. The molecule has 0 saturated carbocycles. The standard InChI is InChI=1S/C22H28N2O6S/c1-17-6-4-5-7-19(17)30-15-10-23(2)22(25)18-8-9-20(28-3)21(16-18)31(26,27)24-11-13-29-14-12-24/h4-9,16H,10-15H2,1-3H3. The molecule has 1 saturated heterocycles. The highest BCUT2D eigenvalue weighted by molar-refractivity contribution is 7.89. The van der Waals surface area contributed by atoms with Gasteiger partial charge in [0, 0.05) is 25.7 Å². The van der Waals surface area contributed by atoms with E-state index < -0.39 is 10.0 Å². The number of aryl methyl sites for hydroxylation is 1. The number of ether oxygens (including phenoxy) is 3. The monoisotopic (exact) mass is 448 g/mol. The minimum atomic E-state index is -3.81. The number of carbonyl (C=O) groups is 1. The number of rotatable bonds is 8. The number of carbonyl (C=O) groups excluding carboxylic acids is 1. The van der Waals surface area contributed by atoms with Crippen molar-refractivity contribution in [2.24, 2.45) is 0 Å². The van der Waals surface area contributed by atoms with E-state index in [0.29, 0.717) is 26.4 Å². The van der Waals surface area contributed by atoms with Gasteiger partial charge >= 0.3 is 0 Å². The Morgan fingerprint density at radius 2 is 1.84 bits per heavy atom. The van der Waals surface area contributed by atoms with Crippen LogP contribution in [0.15, 0.2) is 47.4 Å². The van der Waals surface area contributed by atoms with Gasteiger partial charge in [0.1, 0.15) is 23.0 Å². The van der Waals surface area contributed by atoms with Gasteiger partial charge in [0.15, 0.2) is 0 Å². The van der Waals surface area contributed by atoms with E-state index in [1.165, 1.54) is 28.4 Å². The molecule has 0 atom stereocenters. The topological polar surface area (TPSA) is 85.4 Å². The first kappa shape index (κ1) is 23.1. The summed E-state index contributed by atoms with van der Waals surface area (Å²) in [7, 11) is -0.748. The number of methoxy groups -OCH3 is 1. The highest BCUT2D eigenvalue weighted by Crippen LogP contribution is 2.29. The smallest absolute Gasteiger partial charge is 0.253 e. The van der Waals surface area contributed by atoms with Crippen LogP contribution < -0.4 is 9.47 Å². The third kappa shape index (κ3) is 5.36. The SMILES string of the molecule is COc1ccc(C(=O)N(C)CCOc2ccccc2C)cc1S(=O)(=O)N1CCOCC1. The molecule has 1 aliphatic heterocycles. The number of amides is 1. The van der Waals surface area contributed by atoms with E-state index in [1.807, 2.05) is 31.2 Å². The number of nitrogens with zero attached hydrogens (tertiary/aromatic N) is 2. The Bertz CT molecular complexity index is 1020. The molecule has 0 aromatic heterocycles. The quantitative estimate of drug-likeness (QED) is 0.615. The second kappa shape index (κ2) is 10.1. The molecule has 1 heterocycles. The van der Waals surface area contributed by atoms with Gasteiger partial charge in [-0.05, 0) is 36.8 Å². The zero-order valence-electron chi connectivity index (χ0n) is 18.0. The molecule has 9 heteroatoms. The number of benzene rings is 2. The predicted molar refractivity (Wildman–Crippen MR) is 116 cm³/mol. The van der Waals surface area contributed by atoms with Crippen molar-refractivity contribution in [3.05, 3.63) is 53.6 Å². The van der Waals surface area contributed by atoms with Crippen LogP contribution in [0, 0.1) is 6.92 Å². The van der Waals surface area contributed by atoms with Gasteiger partial charge in [-0.15, -0.1) is 0 Å². The summed E-state index contributed by atoms with van der Waals surface area (Å²) in [6, 6.07) is 12.1. The van der Waals surface area contributed by atoms with Crippen LogP contribution >= 0.6 is 0 Å². The highest BCUT2D eigenvalue weighted by atomic mass is 32.2. The molecular weight excluding hydrogens is 420 g/mol. The first-order chi connectivity index (χ1) is 14.8. The van der Waals surface area contributed by atoms with Crippen LogP contribution in [0.4, 0.5) is 0 Å². The Morgan fingerprint density at radius 3 is 2.52 bits per heavy atom. The predicted octanol–water partition coefficient (Wildman–Crippen LogP) is 2.18. The summed E-state index contributed by atoms with van der Waals surface area (Å²) < 4.78 is 43.9. The first-order valence-electron chi connectivity index (χ1n) is 10.0. The summed E-state index contributed by atoms with van der Waals surface area (Å²) >= 11 is 0. The fourth-order valence-electron chi connectivity index (χ4n) is 3.27. The van der Waals surface area contributed by atoms with Crippen LogP contribution in [0.1, 0.15) is 15.9 Å². The summed E-state index contributed by atoms with van der Waals surface area (Å²) in [6.07, 6.45) is 0. The first-order valence-corrected chi connectivity index (χ1v) is 11.5. The molecule has 1 fully saturated rings. The Balaban J connectivity index is 1.73. The Kier molecular flexibility index (Phi) is 7.53. The Morgan fingerprint density at radius 1 is 1.13 bits per heavy atom. The van der Waals surface area contributed by atoms with Gasteiger partial charge in [-0.3, -0.25) is 4.79 Å². The number of morpholine rings is 1. The lowest BCUT2D eigenvalue weighted by molar-refractivity contribution is 0.0729. The summed E-state index contributed by atoms with van der Waals surface area (Å²) in [6.45, 7) is 3.83. The van der Waals surface area contributed by atoms with Crippen molar-refractivity contribution in [1.82, 2.24) is 9.21 Å². The van der Waals surface area contributed by atoms with Crippen LogP contribution in [0.2, 0.25) is 0 Å². The zero-order valence-corrected chi connectivity index (χ0v) is 18.9. The van der Waals surface area contributed by atoms with Gasteiger partial charge in [0.2, 0.25) is 10.0 Å². The lowest BCUT2D eigenvalue weighted by Gasteiger charge is -2.27. The third-order valence-electron chi connectivity index (χ3n) is 5.12. The fraction of sp³-hybridized carbons (Fsp3) is 0.409. The van der Waals surface area contributed by atoms with Crippen molar-refractivity contribution in [2.45, 2.75) is 11.8 Å². The maximum absolute atomic E-state index is 13.1. The molecule has 8 nitrogen and oxygen atoms in total. The number of likely N-dealkylation sites (N-methyl/N-ethyl adjacent to an activating group) is 1. The van der Waals surface area contributed by atoms with Gasteiger partial charge in [0.05, 0.1) is 26.9 Å². The van der Waals surface area contributed by atoms with E-state index in [4.69, 9.17) is 14.2 Å². The number of hydrogen-bond donors (Lipinski definition) is 0. The molecule has 168 valence electrons. The molecule has 0 bridgehead atoms. The van der Waals surface area contributed by atoms with Gasteiger partial charge in [-0.25, -0.2) is 8.42 Å². The molecule has 0 radical (unpaired) electrons. The Labute approximate surface area is 183 Å². The van der Waals surface area contributed by atoms with Gasteiger partial charge in [-0.1, -0.05) is 18.2 Å². The molecule has 0 aliphatic carbocycles. The molecule has 0 unspecified atom stereocenters. The van der Waals surface area contributed by atoms with Crippen molar-refractivity contribution in [2.75, 3.05) is 53.6 Å². The number of para-hydroxylation sites is 1. The van der Waals surface area contributed by atoms with Crippen LogP contribution in [0.5, 0.6) is 11.5 Å². The van der Waals surface area contributed by atoms with E-state index in [1.54, 1.807) is 13.1 Å². The molecular formula is C22H28N2O6S. The van der Waals surface area contributed by atoms with Crippen LogP contribution in [-0.2, 0) is 14.8 Å². The normalized spacial score (nSPS) is 14.8. The summed E-state index contributed by atoms with van der Waals surface area (Å²) in [4.78, 5) is 14.4. The molecule has 1 amide bonds. The van der Waals surface area contributed by atoms with Gasteiger partial charge in [0.25, 0.3) is 5.91 Å². The van der Waals surface area contributed by atoms with Crippen molar-refractivity contribution in [1.29, 1.82) is 0 Å². The largest absolute Gasteiger partial charge is 0.495 e. The molecule has 2 aromatic rings. The number of sulfonamides is 1. The van der Waals surface area contributed by atoms with E-state index in [9.17, 15) is 13.2 Å². The fourth-order valence-corrected chi connectivity index (χ4v) is 4.86. The number of hydrogen-bond acceptors (Lipinski definition) is 6. The average molecular weight is 449 g/mol. The lowest BCUT2D eigenvalue weighted by Crippen LogP contribution is -2.40. The van der Waals surface area contributed by atoms with E-state index >= 15 is 0 Å². The van der Waals surface area contributed by atoms with Crippen molar-refractivity contribution >= 4 is 15.9 Å². The molecule has 2 aromatic carbocycles. The van der Waals surface area contributed by atoms with Crippen molar-refractivity contribution in [3.63, 3.8) is 0 Å². The molecule has 3 rings (SSSR count). The zero-order chi connectivity index (χ0) is 22.4. The van der Waals surface area contributed by atoms with Crippen molar-refractivity contribution < 1.29 is 27.4 Å². The van der Waals surface area contributed by atoms with Gasteiger partial charge < -0.3 is 19.1 Å². The maximum Gasteiger partial charge on any atom is 0.253 e.